The van der Waals surface area contributed by atoms with Gasteiger partial charge in [-0.1, -0.05) is 188 Å². The highest BCUT2D eigenvalue weighted by Crippen LogP contribution is 2.40. The van der Waals surface area contributed by atoms with E-state index in [4.69, 9.17) is 29.9 Å². The first-order valence-corrected chi connectivity index (χ1v) is 20.3. The van der Waals surface area contributed by atoms with Crippen molar-refractivity contribution in [3.63, 3.8) is 0 Å². The first-order chi connectivity index (χ1) is 30.7. The molecule has 0 aliphatic rings. The highest BCUT2D eigenvalue weighted by atomic mass is 15.0. The average Bonchev–Trinajstić information content (AvgIpc) is 3.37. The quantitative estimate of drug-likeness (QED) is 0.143. The lowest BCUT2D eigenvalue weighted by molar-refractivity contribution is 1.07. The summed E-state index contributed by atoms with van der Waals surface area (Å²) in [6.07, 6.45) is 0. The van der Waals surface area contributed by atoms with Gasteiger partial charge in [0, 0.05) is 33.4 Å². The van der Waals surface area contributed by atoms with Gasteiger partial charge in [0.1, 0.15) is 0 Å². The van der Waals surface area contributed by atoms with E-state index < -0.39 is 0 Å². The molecule has 0 bridgehead atoms. The Hall–Kier alpha value is -8.73. The molecular formula is C55H35N7. The van der Waals surface area contributed by atoms with E-state index in [1.165, 1.54) is 0 Å². The van der Waals surface area contributed by atoms with E-state index in [0.29, 0.717) is 40.5 Å². The SMILES string of the molecule is N#Cc1ccccc1-c1cc(-c2ccccc2-c2nc(-c3ccccc3)nc(-c3ccccc3)n2)cc(-c2ccccc2-c2nc(-c3ccccc3)nc(-c3ccccc3)n2)c1. The van der Waals surface area contributed by atoms with Crippen molar-refractivity contribution in [3.8, 4) is 108 Å². The van der Waals surface area contributed by atoms with Gasteiger partial charge in [-0.05, 0) is 57.6 Å². The molecule has 0 aliphatic heterocycles. The van der Waals surface area contributed by atoms with Crippen LogP contribution in [0.5, 0.6) is 0 Å². The first kappa shape index (κ1) is 37.5. The number of aromatic nitrogens is 6. The summed E-state index contributed by atoms with van der Waals surface area (Å²) in [5.41, 5.74) is 11.2. The molecule has 0 radical (unpaired) electrons. The molecule has 7 nitrogen and oxygen atoms in total. The Balaban J connectivity index is 1.19. The molecule has 0 fully saturated rings. The van der Waals surface area contributed by atoms with Crippen LogP contribution < -0.4 is 0 Å². The van der Waals surface area contributed by atoms with Crippen molar-refractivity contribution in [1.82, 2.24) is 29.9 Å². The third kappa shape index (κ3) is 7.63. The monoisotopic (exact) mass is 793 g/mol. The molecule has 0 saturated heterocycles. The van der Waals surface area contributed by atoms with Crippen LogP contribution in [0, 0.1) is 11.3 Å². The van der Waals surface area contributed by atoms with Gasteiger partial charge in [-0.3, -0.25) is 0 Å². The molecule has 8 aromatic carbocycles. The number of nitrogens with zero attached hydrogens (tertiary/aromatic N) is 7. The Morgan fingerprint density at radius 1 is 0.242 bits per heavy atom. The Morgan fingerprint density at radius 2 is 0.500 bits per heavy atom. The van der Waals surface area contributed by atoms with Gasteiger partial charge >= 0.3 is 0 Å². The summed E-state index contributed by atoms with van der Waals surface area (Å²) in [5.74, 6) is 3.42. The van der Waals surface area contributed by atoms with E-state index in [9.17, 15) is 5.26 Å². The average molecular weight is 794 g/mol. The largest absolute Gasteiger partial charge is 0.208 e. The van der Waals surface area contributed by atoms with Crippen LogP contribution in [0.25, 0.3) is 102 Å². The van der Waals surface area contributed by atoms with Gasteiger partial charge in [0.15, 0.2) is 34.9 Å². The van der Waals surface area contributed by atoms with E-state index in [2.05, 4.69) is 48.5 Å². The summed E-state index contributed by atoms with van der Waals surface area (Å²) in [5, 5.41) is 10.3. The fourth-order valence-electron chi connectivity index (χ4n) is 7.64. The van der Waals surface area contributed by atoms with Gasteiger partial charge in [0.05, 0.1) is 11.6 Å². The molecule has 290 valence electrons. The molecule has 0 spiro atoms. The van der Waals surface area contributed by atoms with Gasteiger partial charge < -0.3 is 0 Å². The van der Waals surface area contributed by atoms with E-state index in [-0.39, 0.29) is 0 Å². The summed E-state index contributed by atoms with van der Waals surface area (Å²) in [7, 11) is 0. The molecule has 2 heterocycles. The van der Waals surface area contributed by atoms with E-state index in [1.54, 1.807) is 0 Å². The van der Waals surface area contributed by atoms with Gasteiger partial charge in [-0.2, -0.15) is 5.26 Å². The number of rotatable bonds is 9. The molecule has 0 aliphatic carbocycles. The lowest BCUT2D eigenvalue weighted by Crippen LogP contribution is -2.01. The number of hydrogen-bond donors (Lipinski definition) is 0. The van der Waals surface area contributed by atoms with Gasteiger partial charge in [-0.25, -0.2) is 29.9 Å². The number of nitriles is 1. The maximum atomic E-state index is 10.3. The molecule has 2 aromatic heterocycles. The van der Waals surface area contributed by atoms with Crippen LogP contribution in [-0.2, 0) is 0 Å². The first-order valence-electron chi connectivity index (χ1n) is 20.3. The van der Waals surface area contributed by atoms with Crippen LogP contribution >= 0.6 is 0 Å². The van der Waals surface area contributed by atoms with Gasteiger partial charge in [0.2, 0.25) is 0 Å². The maximum absolute atomic E-state index is 10.3. The molecule has 0 saturated carbocycles. The Bertz CT molecular complexity index is 2930. The predicted octanol–water partition coefficient (Wildman–Crippen LogP) is 12.9. The summed E-state index contributed by atoms with van der Waals surface area (Å²) >= 11 is 0. The van der Waals surface area contributed by atoms with Crippen LogP contribution in [0.15, 0.2) is 212 Å². The second-order valence-electron chi connectivity index (χ2n) is 14.6. The predicted molar refractivity (Wildman–Crippen MR) is 247 cm³/mol. The molecule has 0 N–H and O–H groups in total. The molecule has 7 heteroatoms. The fourth-order valence-corrected chi connectivity index (χ4v) is 7.64. The van der Waals surface area contributed by atoms with E-state index in [1.807, 2.05) is 170 Å². The minimum atomic E-state index is 0.546. The van der Waals surface area contributed by atoms with Crippen molar-refractivity contribution < 1.29 is 0 Å². The Kier molecular flexibility index (Phi) is 10.2. The van der Waals surface area contributed by atoms with Crippen LogP contribution in [0.1, 0.15) is 5.56 Å². The topological polar surface area (TPSA) is 101 Å². The number of benzene rings is 8. The zero-order valence-corrected chi connectivity index (χ0v) is 33.3. The summed E-state index contributed by atoms with van der Waals surface area (Å²) in [4.78, 5) is 30.3. The maximum Gasteiger partial charge on any atom is 0.164 e. The molecule has 0 atom stereocenters. The Labute approximate surface area is 359 Å². The highest BCUT2D eigenvalue weighted by molar-refractivity contribution is 5.91. The highest BCUT2D eigenvalue weighted by Gasteiger charge is 2.20. The van der Waals surface area contributed by atoms with Crippen LogP contribution in [0.2, 0.25) is 0 Å². The zero-order valence-electron chi connectivity index (χ0n) is 33.3. The Morgan fingerprint density at radius 3 is 0.839 bits per heavy atom. The summed E-state index contributed by atoms with van der Waals surface area (Å²) in [6.45, 7) is 0. The standard InChI is InChI=1S/C55H35N7/c56-36-41-27-13-14-28-45(41)42-33-43(46-29-15-17-31-48(46)54-59-50(37-19-5-1-6-20-37)57-51(60-54)38-21-7-2-8-22-38)35-44(34-42)47-30-16-18-32-49(47)55-61-52(39-23-9-3-10-24-39)58-53(62-55)40-25-11-4-12-26-40/h1-35H. The lowest BCUT2D eigenvalue weighted by atomic mass is 9.89. The molecule has 10 aromatic rings. The molecule has 62 heavy (non-hydrogen) atoms. The fraction of sp³-hybridized carbons (Fsp3) is 0. The second-order valence-corrected chi connectivity index (χ2v) is 14.6. The molecule has 0 amide bonds. The summed E-state index contributed by atoms with van der Waals surface area (Å²) in [6, 6.07) is 72.9. The molecule has 10 rings (SSSR count). The third-order valence-corrected chi connectivity index (χ3v) is 10.6. The van der Waals surface area contributed by atoms with E-state index >= 15 is 0 Å². The molecule has 0 unspecified atom stereocenters. The van der Waals surface area contributed by atoms with Crippen LogP contribution in [0.4, 0.5) is 0 Å². The van der Waals surface area contributed by atoms with Gasteiger partial charge in [0.25, 0.3) is 0 Å². The lowest BCUT2D eigenvalue weighted by Gasteiger charge is -2.17. The summed E-state index contributed by atoms with van der Waals surface area (Å²) < 4.78 is 0. The zero-order chi connectivity index (χ0) is 41.7. The molecular weight excluding hydrogens is 759 g/mol. The van der Waals surface area contributed by atoms with Crippen LogP contribution in [0.3, 0.4) is 0 Å². The normalized spacial score (nSPS) is 10.9. The number of hydrogen-bond acceptors (Lipinski definition) is 7. The second kappa shape index (κ2) is 16.9. The minimum Gasteiger partial charge on any atom is -0.208 e. The van der Waals surface area contributed by atoms with Crippen molar-refractivity contribution in [1.29, 1.82) is 5.26 Å². The minimum absolute atomic E-state index is 0.546. The smallest absolute Gasteiger partial charge is 0.164 e. The van der Waals surface area contributed by atoms with Crippen LogP contribution in [-0.4, -0.2) is 29.9 Å². The van der Waals surface area contributed by atoms with Crippen molar-refractivity contribution in [2.24, 2.45) is 0 Å². The van der Waals surface area contributed by atoms with E-state index in [0.717, 1.165) is 66.8 Å². The van der Waals surface area contributed by atoms with Crippen molar-refractivity contribution in [2.75, 3.05) is 0 Å². The van der Waals surface area contributed by atoms with Crippen molar-refractivity contribution in [3.05, 3.63) is 218 Å². The van der Waals surface area contributed by atoms with Gasteiger partial charge in [-0.15, -0.1) is 0 Å². The van der Waals surface area contributed by atoms with Crippen molar-refractivity contribution >= 4 is 0 Å². The van der Waals surface area contributed by atoms with Crippen molar-refractivity contribution in [2.45, 2.75) is 0 Å². The third-order valence-electron chi connectivity index (χ3n) is 10.6.